The molecule has 0 radical (unpaired) electrons. The highest BCUT2D eigenvalue weighted by molar-refractivity contribution is 9.10. The molecule has 1 heterocycles. The molecule has 0 bridgehead atoms. The second kappa shape index (κ2) is 5.40. The first-order valence-electron chi connectivity index (χ1n) is 6.32. The van der Waals surface area contributed by atoms with E-state index in [1.54, 1.807) is 0 Å². The van der Waals surface area contributed by atoms with Gasteiger partial charge in [-0.05, 0) is 54.4 Å². The molecule has 1 N–H and O–H groups in total. The second-order valence-electron chi connectivity index (χ2n) is 4.84. The summed E-state index contributed by atoms with van der Waals surface area (Å²) in [6.45, 7) is 7.51. The third-order valence-electron chi connectivity index (χ3n) is 3.12. The zero-order chi connectivity index (χ0) is 12.4. The SMILES string of the molecule is CCCNC1CC(C)Oc2c(Br)cc(C)cc21. The molecular formula is C14H20BrNO. The van der Waals surface area contributed by atoms with Crippen molar-refractivity contribution in [1.29, 1.82) is 0 Å². The van der Waals surface area contributed by atoms with E-state index in [2.05, 4.69) is 54.2 Å². The fraction of sp³-hybridized carbons (Fsp3) is 0.571. The predicted octanol–water partition coefficient (Wildman–Crippen LogP) is 3.97. The van der Waals surface area contributed by atoms with Crippen LogP contribution in [0.5, 0.6) is 5.75 Å². The van der Waals surface area contributed by atoms with Gasteiger partial charge in [0.1, 0.15) is 5.75 Å². The van der Waals surface area contributed by atoms with Gasteiger partial charge in [-0.15, -0.1) is 0 Å². The van der Waals surface area contributed by atoms with Crippen molar-refractivity contribution in [2.24, 2.45) is 0 Å². The molecule has 1 aliphatic heterocycles. The Kier molecular flexibility index (Phi) is 4.10. The minimum Gasteiger partial charge on any atom is -0.489 e. The first-order valence-corrected chi connectivity index (χ1v) is 7.11. The summed E-state index contributed by atoms with van der Waals surface area (Å²) in [6.07, 6.45) is 2.48. The summed E-state index contributed by atoms with van der Waals surface area (Å²) in [7, 11) is 0. The van der Waals surface area contributed by atoms with E-state index in [0.717, 1.165) is 29.6 Å². The first kappa shape index (κ1) is 12.9. The monoisotopic (exact) mass is 297 g/mol. The molecule has 2 atom stereocenters. The molecule has 2 unspecified atom stereocenters. The molecule has 1 aromatic carbocycles. The number of ether oxygens (including phenoxy) is 1. The Labute approximate surface area is 112 Å². The van der Waals surface area contributed by atoms with Crippen LogP contribution in [0.15, 0.2) is 16.6 Å². The van der Waals surface area contributed by atoms with Gasteiger partial charge in [-0.3, -0.25) is 0 Å². The van der Waals surface area contributed by atoms with E-state index >= 15 is 0 Å². The fourth-order valence-electron chi connectivity index (χ4n) is 2.36. The number of halogens is 1. The van der Waals surface area contributed by atoms with E-state index in [0.29, 0.717) is 6.04 Å². The normalized spacial score (nSPS) is 23.1. The van der Waals surface area contributed by atoms with Crippen LogP contribution in [0.4, 0.5) is 0 Å². The minimum absolute atomic E-state index is 0.274. The summed E-state index contributed by atoms with van der Waals surface area (Å²) in [4.78, 5) is 0. The topological polar surface area (TPSA) is 21.3 Å². The number of hydrogen-bond donors (Lipinski definition) is 1. The Morgan fingerprint density at radius 2 is 2.24 bits per heavy atom. The zero-order valence-electron chi connectivity index (χ0n) is 10.7. The van der Waals surface area contributed by atoms with Crippen LogP contribution in [0.2, 0.25) is 0 Å². The maximum Gasteiger partial charge on any atom is 0.138 e. The number of aryl methyl sites for hydroxylation is 1. The Hall–Kier alpha value is -0.540. The van der Waals surface area contributed by atoms with Gasteiger partial charge in [0.25, 0.3) is 0 Å². The molecule has 2 nitrogen and oxygen atoms in total. The summed E-state index contributed by atoms with van der Waals surface area (Å²) < 4.78 is 7.01. The average molecular weight is 298 g/mol. The van der Waals surface area contributed by atoms with Gasteiger partial charge in [-0.25, -0.2) is 0 Å². The first-order chi connectivity index (χ1) is 8.11. The number of hydrogen-bond acceptors (Lipinski definition) is 2. The van der Waals surface area contributed by atoms with Gasteiger partial charge in [0.2, 0.25) is 0 Å². The van der Waals surface area contributed by atoms with Gasteiger partial charge in [-0.2, -0.15) is 0 Å². The molecule has 0 aromatic heterocycles. The lowest BCUT2D eigenvalue weighted by atomic mass is 9.95. The second-order valence-corrected chi connectivity index (χ2v) is 5.69. The number of benzene rings is 1. The predicted molar refractivity (Wildman–Crippen MR) is 74.6 cm³/mol. The maximum atomic E-state index is 5.94. The van der Waals surface area contributed by atoms with Crippen molar-refractivity contribution in [3.63, 3.8) is 0 Å². The number of fused-ring (bicyclic) bond motifs is 1. The lowest BCUT2D eigenvalue weighted by molar-refractivity contribution is 0.165. The molecule has 0 fully saturated rings. The lowest BCUT2D eigenvalue weighted by Gasteiger charge is -2.32. The van der Waals surface area contributed by atoms with E-state index in [-0.39, 0.29) is 6.10 Å². The third-order valence-corrected chi connectivity index (χ3v) is 3.71. The molecule has 0 aliphatic carbocycles. The van der Waals surface area contributed by atoms with Crippen molar-refractivity contribution < 1.29 is 4.74 Å². The maximum absolute atomic E-state index is 5.94. The van der Waals surface area contributed by atoms with Crippen LogP contribution < -0.4 is 10.1 Å². The van der Waals surface area contributed by atoms with Crippen LogP contribution in [0.3, 0.4) is 0 Å². The van der Waals surface area contributed by atoms with E-state index in [1.807, 2.05) is 0 Å². The number of nitrogens with one attached hydrogen (secondary N) is 1. The third kappa shape index (κ3) is 2.83. The smallest absolute Gasteiger partial charge is 0.138 e. The molecule has 0 saturated heterocycles. The van der Waals surface area contributed by atoms with Crippen LogP contribution >= 0.6 is 15.9 Å². The summed E-state index contributed by atoms with van der Waals surface area (Å²) in [6, 6.07) is 4.78. The summed E-state index contributed by atoms with van der Waals surface area (Å²) in [5.41, 5.74) is 2.57. The fourth-order valence-corrected chi connectivity index (χ4v) is 3.04. The van der Waals surface area contributed by atoms with Gasteiger partial charge in [-0.1, -0.05) is 13.0 Å². The van der Waals surface area contributed by atoms with Gasteiger partial charge in [0.15, 0.2) is 0 Å². The summed E-state index contributed by atoms with van der Waals surface area (Å²) in [5.74, 6) is 1.02. The van der Waals surface area contributed by atoms with E-state index < -0.39 is 0 Å². The zero-order valence-corrected chi connectivity index (χ0v) is 12.3. The van der Waals surface area contributed by atoms with Crippen molar-refractivity contribution in [2.75, 3.05) is 6.54 Å². The lowest BCUT2D eigenvalue weighted by Crippen LogP contribution is -2.32. The molecule has 0 saturated carbocycles. The number of rotatable bonds is 3. The van der Waals surface area contributed by atoms with E-state index in [4.69, 9.17) is 4.74 Å². The van der Waals surface area contributed by atoms with Crippen molar-refractivity contribution in [3.8, 4) is 5.75 Å². The molecule has 0 spiro atoms. The Balaban J connectivity index is 2.34. The minimum atomic E-state index is 0.274. The van der Waals surface area contributed by atoms with Gasteiger partial charge < -0.3 is 10.1 Å². The molecule has 1 aliphatic rings. The largest absolute Gasteiger partial charge is 0.489 e. The van der Waals surface area contributed by atoms with Crippen molar-refractivity contribution in [1.82, 2.24) is 5.32 Å². The van der Waals surface area contributed by atoms with Gasteiger partial charge in [0.05, 0.1) is 10.6 Å². The summed E-state index contributed by atoms with van der Waals surface area (Å²) in [5, 5.41) is 3.61. The van der Waals surface area contributed by atoms with Gasteiger partial charge in [0, 0.05) is 18.0 Å². The quantitative estimate of drug-likeness (QED) is 0.911. The molecule has 2 rings (SSSR count). The van der Waals surface area contributed by atoms with Crippen molar-refractivity contribution in [3.05, 3.63) is 27.7 Å². The van der Waals surface area contributed by atoms with E-state index in [9.17, 15) is 0 Å². The highest BCUT2D eigenvalue weighted by Crippen LogP contribution is 2.40. The highest BCUT2D eigenvalue weighted by atomic mass is 79.9. The molecule has 3 heteroatoms. The molecular weight excluding hydrogens is 278 g/mol. The molecule has 17 heavy (non-hydrogen) atoms. The Morgan fingerprint density at radius 3 is 2.94 bits per heavy atom. The molecule has 94 valence electrons. The Morgan fingerprint density at radius 1 is 1.47 bits per heavy atom. The van der Waals surface area contributed by atoms with E-state index in [1.165, 1.54) is 11.1 Å². The van der Waals surface area contributed by atoms with Crippen LogP contribution in [-0.4, -0.2) is 12.6 Å². The molecule has 1 aromatic rings. The van der Waals surface area contributed by atoms with Crippen LogP contribution in [0.25, 0.3) is 0 Å². The van der Waals surface area contributed by atoms with Crippen LogP contribution in [-0.2, 0) is 0 Å². The highest BCUT2D eigenvalue weighted by Gasteiger charge is 2.27. The van der Waals surface area contributed by atoms with Gasteiger partial charge >= 0.3 is 0 Å². The van der Waals surface area contributed by atoms with Crippen LogP contribution in [0, 0.1) is 6.92 Å². The average Bonchev–Trinajstić information content (AvgIpc) is 2.27. The summed E-state index contributed by atoms with van der Waals surface area (Å²) >= 11 is 3.60. The molecule has 0 amide bonds. The van der Waals surface area contributed by atoms with Crippen LogP contribution in [0.1, 0.15) is 43.9 Å². The standard InChI is InChI=1S/C14H20BrNO/c1-4-5-16-13-8-10(3)17-14-11(13)6-9(2)7-12(14)15/h6-7,10,13,16H,4-5,8H2,1-3H3. The Bertz CT molecular complexity index is 405. The van der Waals surface area contributed by atoms with Crippen molar-refractivity contribution >= 4 is 15.9 Å². The van der Waals surface area contributed by atoms with Crippen molar-refractivity contribution in [2.45, 2.75) is 45.8 Å².